The van der Waals surface area contributed by atoms with E-state index in [-0.39, 0.29) is 17.5 Å². The Labute approximate surface area is 164 Å². The van der Waals surface area contributed by atoms with Gasteiger partial charge in [-0.05, 0) is 98.7 Å². The van der Waals surface area contributed by atoms with Crippen LogP contribution in [0.15, 0.2) is 12.7 Å². The standard InChI is InChI=1S/C24H38O3/c1-5-11-24(26)14-10-21-19-7-6-17-15-18(27-16(2)25)8-12-22(17,3)20(19)9-13-23(21,24)4/h5,17-21,26H,1,6-15H2,2-4H3/t17-,18+,19+,20+,21+,22-,23-,24-/m0/s1. The minimum atomic E-state index is -0.547. The highest BCUT2D eigenvalue weighted by Gasteiger charge is 2.64. The number of aliphatic hydroxyl groups is 1. The van der Waals surface area contributed by atoms with Crippen LogP contribution in [0.1, 0.15) is 85.0 Å². The molecule has 0 spiro atoms. The number of ether oxygens (including phenoxy) is 1. The normalized spacial score (nSPS) is 51.6. The van der Waals surface area contributed by atoms with Gasteiger partial charge in [0.05, 0.1) is 5.60 Å². The molecule has 0 amide bonds. The molecule has 152 valence electrons. The van der Waals surface area contributed by atoms with Gasteiger partial charge in [-0.15, -0.1) is 6.58 Å². The van der Waals surface area contributed by atoms with Crippen molar-refractivity contribution in [1.82, 2.24) is 0 Å². The first kappa shape index (κ1) is 19.5. The zero-order valence-electron chi connectivity index (χ0n) is 17.5. The summed E-state index contributed by atoms with van der Waals surface area (Å²) >= 11 is 0. The van der Waals surface area contributed by atoms with Gasteiger partial charge in [0.15, 0.2) is 0 Å². The molecule has 0 unspecified atom stereocenters. The molecule has 0 aromatic rings. The first-order valence-electron chi connectivity index (χ1n) is 11.2. The van der Waals surface area contributed by atoms with E-state index < -0.39 is 5.60 Å². The molecule has 4 rings (SSSR count). The topological polar surface area (TPSA) is 46.5 Å². The second-order valence-corrected chi connectivity index (χ2v) is 10.7. The lowest BCUT2D eigenvalue weighted by Gasteiger charge is -2.61. The summed E-state index contributed by atoms with van der Waals surface area (Å²) in [6.07, 6.45) is 13.2. The third kappa shape index (κ3) is 2.82. The van der Waals surface area contributed by atoms with Crippen LogP contribution in [0.2, 0.25) is 0 Å². The molecule has 4 fully saturated rings. The molecule has 0 aromatic carbocycles. The Bertz CT molecular complexity index is 615. The Morgan fingerprint density at radius 2 is 1.85 bits per heavy atom. The molecule has 27 heavy (non-hydrogen) atoms. The Morgan fingerprint density at radius 1 is 1.11 bits per heavy atom. The fourth-order valence-corrected chi connectivity index (χ4v) is 8.24. The van der Waals surface area contributed by atoms with E-state index in [4.69, 9.17) is 4.74 Å². The van der Waals surface area contributed by atoms with Crippen molar-refractivity contribution in [3.63, 3.8) is 0 Å². The molecule has 0 aromatic heterocycles. The van der Waals surface area contributed by atoms with Crippen molar-refractivity contribution < 1.29 is 14.6 Å². The van der Waals surface area contributed by atoms with Crippen LogP contribution < -0.4 is 0 Å². The SMILES string of the molecule is C=CC[C@]1(O)CC[C@@H]2[C@@H]3CC[C@H]4C[C@H](OC(C)=O)CC[C@]4(C)[C@@H]3CC[C@@]21C. The zero-order valence-corrected chi connectivity index (χ0v) is 17.5. The summed E-state index contributed by atoms with van der Waals surface area (Å²) in [7, 11) is 0. The van der Waals surface area contributed by atoms with Gasteiger partial charge in [-0.2, -0.15) is 0 Å². The van der Waals surface area contributed by atoms with Crippen molar-refractivity contribution in [1.29, 1.82) is 0 Å². The van der Waals surface area contributed by atoms with E-state index >= 15 is 0 Å². The van der Waals surface area contributed by atoms with E-state index in [0.29, 0.717) is 17.3 Å². The molecule has 4 saturated carbocycles. The van der Waals surface area contributed by atoms with Crippen LogP contribution in [0.4, 0.5) is 0 Å². The van der Waals surface area contributed by atoms with E-state index in [1.807, 2.05) is 6.08 Å². The highest BCUT2D eigenvalue weighted by molar-refractivity contribution is 5.66. The summed E-state index contributed by atoms with van der Waals surface area (Å²) in [5.41, 5.74) is -0.102. The maximum Gasteiger partial charge on any atom is 0.302 e. The minimum absolute atomic E-state index is 0.0560. The van der Waals surface area contributed by atoms with E-state index in [0.717, 1.165) is 43.9 Å². The Hall–Kier alpha value is -0.830. The molecule has 4 aliphatic carbocycles. The maximum absolute atomic E-state index is 11.4. The molecular weight excluding hydrogens is 336 g/mol. The molecule has 4 aliphatic rings. The van der Waals surface area contributed by atoms with Crippen LogP contribution in [0, 0.1) is 34.5 Å². The summed E-state index contributed by atoms with van der Waals surface area (Å²) in [5, 5.41) is 11.4. The molecule has 0 heterocycles. The predicted octanol–water partition coefficient (Wildman–Crippen LogP) is 5.27. The van der Waals surface area contributed by atoms with Gasteiger partial charge in [0.25, 0.3) is 0 Å². The third-order valence-corrected chi connectivity index (χ3v) is 9.75. The summed E-state index contributed by atoms with van der Waals surface area (Å²) in [5.74, 6) is 2.76. The van der Waals surface area contributed by atoms with Gasteiger partial charge in [0, 0.05) is 6.92 Å². The average Bonchev–Trinajstić information content (AvgIpc) is 2.86. The van der Waals surface area contributed by atoms with E-state index in [2.05, 4.69) is 20.4 Å². The lowest BCUT2D eigenvalue weighted by atomic mass is 9.44. The van der Waals surface area contributed by atoms with Crippen molar-refractivity contribution >= 4 is 5.97 Å². The zero-order chi connectivity index (χ0) is 19.4. The van der Waals surface area contributed by atoms with Crippen molar-refractivity contribution in [3.05, 3.63) is 12.7 Å². The fourth-order valence-electron chi connectivity index (χ4n) is 8.24. The quantitative estimate of drug-likeness (QED) is 0.541. The second-order valence-electron chi connectivity index (χ2n) is 10.7. The molecule has 0 aliphatic heterocycles. The Morgan fingerprint density at radius 3 is 2.56 bits per heavy atom. The van der Waals surface area contributed by atoms with Crippen LogP contribution >= 0.6 is 0 Å². The van der Waals surface area contributed by atoms with E-state index in [1.54, 1.807) is 0 Å². The number of carbonyl (C=O) groups excluding carboxylic acids is 1. The third-order valence-electron chi connectivity index (χ3n) is 9.75. The number of rotatable bonds is 3. The van der Waals surface area contributed by atoms with Crippen molar-refractivity contribution in [2.24, 2.45) is 34.5 Å². The van der Waals surface area contributed by atoms with Crippen molar-refractivity contribution in [2.45, 2.75) is 96.7 Å². The summed E-state index contributed by atoms with van der Waals surface area (Å²) in [6, 6.07) is 0. The van der Waals surface area contributed by atoms with Gasteiger partial charge < -0.3 is 9.84 Å². The van der Waals surface area contributed by atoms with Crippen LogP contribution in [0.5, 0.6) is 0 Å². The van der Waals surface area contributed by atoms with Crippen LogP contribution in [-0.2, 0) is 9.53 Å². The smallest absolute Gasteiger partial charge is 0.302 e. The predicted molar refractivity (Wildman–Crippen MR) is 107 cm³/mol. The molecular formula is C24H38O3. The Kier molecular flexibility index (Phi) is 4.77. The molecule has 0 saturated heterocycles. The first-order chi connectivity index (χ1) is 12.7. The van der Waals surface area contributed by atoms with Gasteiger partial charge in [0.1, 0.15) is 6.10 Å². The lowest BCUT2D eigenvalue weighted by molar-refractivity contribution is -0.168. The first-order valence-corrected chi connectivity index (χ1v) is 11.2. The van der Waals surface area contributed by atoms with Gasteiger partial charge in [-0.25, -0.2) is 0 Å². The average molecular weight is 375 g/mol. The second kappa shape index (κ2) is 6.61. The van der Waals surface area contributed by atoms with Gasteiger partial charge in [0.2, 0.25) is 0 Å². The fraction of sp³-hybridized carbons (Fsp3) is 0.875. The molecule has 8 atom stereocenters. The number of hydrogen-bond acceptors (Lipinski definition) is 3. The maximum atomic E-state index is 11.4. The Balaban J connectivity index is 1.54. The summed E-state index contributed by atoms with van der Waals surface area (Å²) in [4.78, 5) is 11.4. The molecule has 1 N–H and O–H groups in total. The van der Waals surface area contributed by atoms with Gasteiger partial charge in [-0.1, -0.05) is 19.9 Å². The molecule has 3 nitrogen and oxygen atoms in total. The molecule has 0 bridgehead atoms. The number of carbonyl (C=O) groups is 1. The highest BCUT2D eigenvalue weighted by atomic mass is 16.5. The summed E-state index contributed by atoms with van der Waals surface area (Å²) < 4.78 is 5.58. The molecule has 3 heteroatoms. The lowest BCUT2D eigenvalue weighted by Crippen LogP contribution is -2.56. The number of fused-ring (bicyclic) bond motifs is 5. The molecule has 0 radical (unpaired) electrons. The highest BCUT2D eigenvalue weighted by Crippen LogP contribution is 2.68. The van der Waals surface area contributed by atoms with E-state index in [9.17, 15) is 9.90 Å². The van der Waals surface area contributed by atoms with Gasteiger partial charge >= 0.3 is 5.97 Å². The van der Waals surface area contributed by atoms with Gasteiger partial charge in [-0.3, -0.25) is 4.79 Å². The van der Waals surface area contributed by atoms with E-state index in [1.165, 1.54) is 39.0 Å². The monoisotopic (exact) mass is 374 g/mol. The van der Waals surface area contributed by atoms with Crippen molar-refractivity contribution in [2.75, 3.05) is 0 Å². The number of hydrogen-bond donors (Lipinski definition) is 1. The van der Waals surface area contributed by atoms with Crippen LogP contribution in [0.3, 0.4) is 0 Å². The largest absolute Gasteiger partial charge is 0.463 e. The van der Waals surface area contributed by atoms with Crippen molar-refractivity contribution in [3.8, 4) is 0 Å². The number of esters is 1. The summed E-state index contributed by atoms with van der Waals surface area (Å²) in [6.45, 7) is 10.4. The van der Waals surface area contributed by atoms with Crippen LogP contribution in [0.25, 0.3) is 0 Å². The minimum Gasteiger partial charge on any atom is -0.463 e. The van der Waals surface area contributed by atoms with Crippen LogP contribution in [-0.4, -0.2) is 22.8 Å².